The van der Waals surface area contributed by atoms with Crippen LogP contribution in [0, 0.1) is 11.8 Å². The average molecular weight is 467 g/mol. The van der Waals surface area contributed by atoms with E-state index in [1.807, 2.05) is 4.90 Å². The largest absolute Gasteiger partial charge is 0.474 e. The monoisotopic (exact) mass is 466 g/mol. The molecule has 2 atom stereocenters. The molecule has 4 aliphatic rings. The van der Waals surface area contributed by atoms with Crippen molar-refractivity contribution in [1.29, 1.82) is 0 Å². The molecule has 3 aliphatic carbocycles. The molecule has 34 heavy (non-hydrogen) atoms. The van der Waals surface area contributed by atoms with E-state index in [-0.39, 0.29) is 6.10 Å². The van der Waals surface area contributed by atoms with Gasteiger partial charge in [0.25, 0.3) is 0 Å². The van der Waals surface area contributed by atoms with Gasteiger partial charge >= 0.3 is 0 Å². The zero-order chi connectivity index (χ0) is 23.7. The Kier molecular flexibility index (Phi) is 7.24. The van der Waals surface area contributed by atoms with Crippen molar-refractivity contribution in [2.45, 2.75) is 96.6 Å². The quantitative estimate of drug-likeness (QED) is 0.547. The molecule has 0 radical (unpaired) electrons. The van der Waals surface area contributed by atoms with E-state index in [1.54, 1.807) is 11.9 Å². The minimum absolute atomic E-state index is 0.206. The summed E-state index contributed by atoms with van der Waals surface area (Å²) in [4.78, 5) is 26.2. The van der Waals surface area contributed by atoms with Gasteiger partial charge in [-0.1, -0.05) is 25.8 Å². The van der Waals surface area contributed by atoms with Gasteiger partial charge in [-0.25, -0.2) is 9.97 Å². The molecule has 6 nitrogen and oxygen atoms in total. The first-order chi connectivity index (χ1) is 16.5. The number of allylic oxidation sites excluding steroid dienone is 2. The molecule has 2 heterocycles. The Bertz CT molecular complexity index is 915. The molecule has 0 bridgehead atoms. The number of carbonyl (C=O) groups excluding carboxylic acids is 1. The highest BCUT2D eigenvalue weighted by Gasteiger charge is 2.37. The second kappa shape index (κ2) is 10.3. The fourth-order valence-corrected chi connectivity index (χ4v) is 6.64. The lowest BCUT2D eigenvalue weighted by molar-refractivity contribution is -0.131. The normalized spacial score (nSPS) is 27.3. The number of likely N-dealkylation sites (N-methyl/N-ethyl adjacent to an activating group) is 1. The summed E-state index contributed by atoms with van der Waals surface area (Å²) in [5.74, 6) is 2.51. The third kappa shape index (κ3) is 4.89. The minimum Gasteiger partial charge on any atom is -0.474 e. The predicted molar refractivity (Wildman–Crippen MR) is 135 cm³/mol. The summed E-state index contributed by atoms with van der Waals surface area (Å²) >= 11 is 0. The minimum atomic E-state index is 0.206. The SMILES string of the molecule is CC[C@@H](C)C[C@H]1CCC2=C1c1c(ncnc1O[C@H]1CC[C@H](N(C)CC(=O)N3CCCC3)CC1)C2. The number of hydrogen-bond donors (Lipinski definition) is 0. The first-order valence-electron chi connectivity index (χ1n) is 13.7. The highest BCUT2D eigenvalue weighted by molar-refractivity contribution is 5.81. The maximum atomic E-state index is 12.6. The first kappa shape index (κ1) is 23.8. The number of nitrogens with zero attached hydrogens (tertiary/aromatic N) is 4. The van der Waals surface area contributed by atoms with Crippen LogP contribution in [0.1, 0.15) is 89.3 Å². The first-order valence-corrected chi connectivity index (χ1v) is 13.7. The predicted octanol–water partition coefficient (Wildman–Crippen LogP) is 4.88. The van der Waals surface area contributed by atoms with Gasteiger partial charge in [-0.15, -0.1) is 0 Å². The molecule has 6 heteroatoms. The number of rotatable bonds is 8. The molecule has 1 aliphatic heterocycles. The average Bonchev–Trinajstić information content (AvgIpc) is 3.58. The lowest BCUT2D eigenvalue weighted by atomic mass is 9.87. The van der Waals surface area contributed by atoms with Crippen molar-refractivity contribution in [1.82, 2.24) is 19.8 Å². The number of hydrogen-bond acceptors (Lipinski definition) is 5. The van der Waals surface area contributed by atoms with E-state index >= 15 is 0 Å². The summed E-state index contributed by atoms with van der Waals surface area (Å²) < 4.78 is 6.60. The summed E-state index contributed by atoms with van der Waals surface area (Å²) in [5, 5.41) is 0. The maximum absolute atomic E-state index is 12.6. The standard InChI is InChI=1S/C28H42N4O2/c1-4-19(2)15-20-7-8-21-16-24-27(26(20)21)28(30-18-29-24)34-23-11-9-22(10-12-23)31(3)17-25(33)32-13-5-6-14-32/h18-20,22-23H,4-17H2,1-3H3/t19-,20-,22-,23-/m1/s1. The maximum Gasteiger partial charge on any atom is 0.236 e. The molecule has 0 unspecified atom stereocenters. The topological polar surface area (TPSA) is 58.6 Å². The van der Waals surface area contributed by atoms with E-state index in [1.165, 1.54) is 42.5 Å². The Balaban J connectivity index is 1.19. The van der Waals surface area contributed by atoms with Gasteiger partial charge in [0, 0.05) is 25.6 Å². The van der Waals surface area contributed by atoms with Crippen molar-refractivity contribution in [2.24, 2.45) is 11.8 Å². The van der Waals surface area contributed by atoms with Crippen LogP contribution in [0.3, 0.4) is 0 Å². The second-order valence-corrected chi connectivity index (χ2v) is 11.2. The Morgan fingerprint density at radius 3 is 2.68 bits per heavy atom. The Labute approximate surface area is 205 Å². The highest BCUT2D eigenvalue weighted by Crippen LogP contribution is 2.51. The van der Waals surface area contributed by atoms with Crippen LogP contribution in [0.25, 0.3) is 5.57 Å². The Hall–Kier alpha value is -1.95. The molecule has 1 aromatic rings. The summed E-state index contributed by atoms with van der Waals surface area (Å²) in [6, 6.07) is 0.464. The molecule has 1 aromatic heterocycles. The lowest BCUT2D eigenvalue weighted by Crippen LogP contribution is -2.44. The van der Waals surface area contributed by atoms with Crippen LogP contribution in [0.15, 0.2) is 11.9 Å². The number of ether oxygens (including phenoxy) is 1. The molecular weight excluding hydrogens is 424 g/mol. The van der Waals surface area contributed by atoms with E-state index in [4.69, 9.17) is 4.74 Å². The van der Waals surface area contributed by atoms with Crippen LogP contribution in [0.4, 0.5) is 0 Å². The van der Waals surface area contributed by atoms with Gasteiger partial charge in [0.15, 0.2) is 0 Å². The molecule has 0 spiro atoms. The molecular formula is C28H42N4O2. The number of amides is 1. The fraction of sp³-hybridized carbons (Fsp3) is 0.750. The number of fused-ring (bicyclic) bond motifs is 2. The van der Waals surface area contributed by atoms with Crippen LogP contribution < -0.4 is 4.74 Å². The van der Waals surface area contributed by atoms with E-state index in [2.05, 4.69) is 35.8 Å². The zero-order valence-corrected chi connectivity index (χ0v) is 21.4. The highest BCUT2D eigenvalue weighted by atomic mass is 16.5. The molecule has 186 valence electrons. The summed E-state index contributed by atoms with van der Waals surface area (Å²) in [6.07, 6.45) is 14.4. The van der Waals surface area contributed by atoms with E-state index in [9.17, 15) is 4.79 Å². The van der Waals surface area contributed by atoms with Gasteiger partial charge in [0.1, 0.15) is 12.4 Å². The van der Waals surface area contributed by atoms with Gasteiger partial charge in [-0.05, 0) is 82.2 Å². The molecule has 1 saturated carbocycles. The number of likely N-dealkylation sites (tertiary alicyclic amines) is 1. The number of carbonyl (C=O) groups is 1. The van der Waals surface area contributed by atoms with E-state index < -0.39 is 0 Å². The smallest absolute Gasteiger partial charge is 0.236 e. The van der Waals surface area contributed by atoms with Gasteiger partial charge in [0.05, 0.1) is 17.8 Å². The fourth-order valence-electron chi connectivity index (χ4n) is 6.64. The van der Waals surface area contributed by atoms with E-state index in [0.29, 0.717) is 24.4 Å². The van der Waals surface area contributed by atoms with Gasteiger partial charge in [0.2, 0.25) is 11.8 Å². The Morgan fingerprint density at radius 1 is 1.18 bits per heavy atom. The van der Waals surface area contributed by atoms with Crippen molar-refractivity contribution in [3.05, 3.63) is 23.2 Å². The lowest BCUT2D eigenvalue weighted by Gasteiger charge is -2.35. The molecule has 0 aromatic carbocycles. The Morgan fingerprint density at radius 2 is 1.94 bits per heavy atom. The third-order valence-corrected chi connectivity index (χ3v) is 8.90. The van der Waals surface area contributed by atoms with E-state index in [0.717, 1.165) is 69.8 Å². The van der Waals surface area contributed by atoms with Crippen molar-refractivity contribution in [2.75, 3.05) is 26.7 Å². The third-order valence-electron chi connectivity index (χ3n) is 8.90. The van der Waals surface area contributed by atoms with Crippen molar-refractivity contribution in [3.8, 4) is 5.88 Å². The molecule has 1 amide bonds. The van der Waals surface area contributed by atoms with Gasteiger partial charge < -0.3 is 9.64 Å². The van der Waals surface area contributed by atoms with Crippen molar-refractivity contribution < 1.29 is 9.53 Å². The number of aromatic nitrogens is 2. The van der Waals surface area contributed by atoms with Crippen LogP contribution in [-0.2, 0) is 11.2 Å². The van der Waals surface area contributed by atoms with Crippen LogP contribution >= 0.6 is 0 Å². The summed E-state index contributed by atoms with van der Waals surface area (Å²) in [5.41, 5.74) is 5.53. The van der Waals surface area contributed by atoms with Crippen LogP contribution in [0.2, 0.25) is 0 Å². The molecule has 5 rings (SSSR count). The summed E-state index contributed by atoms with van der Waals surface area (Å²) in [7, 11) is 2.11. The van der Waals surface area contributed by atoms with Crippen molar-refractivity contribution in [3.63, 3.8) is 0 Å². The van der Waals surface area contributed by atoms with Crippen molar-refractivity contribution >= 4 is 11.5 Å². The summed E-state index contributed by atoms with van der Waals surface area (Å²) in [6.45, 7) is 7.09. The molecule has 2 fully saturated rings. The van der Waals surface area contributed by atoms with Gasteiger partial charge in [-0.2, -0.15) is 0 Å². The zero-order valence-electron chi connectivity index (χ0n) is 21.4. The van der Waals surface area contributed by atoms with Crippen LogP contribution in [0.5, 0.6) is 5.88 Å². The molecule has 0 N–H and O–H groups in total. The second-order valence-electron chi connectivity index (χ2n) is 11.2. The van der Waals surface area contributed by atoms with Gasteiger partial charge in [-0.3, -0.25) is 9.69 Å². The molecule has 1 saturated heterocycles. The van der Waals surface area contributed by atoms with Crippen LogP contribution in [-0.4, -0.2) is 64.5 Å².